The van der Waals surface area contributed by atoms with E-state index in [1.54, 1.807) is 6.92 Å². The van der Waals surface area contributed by atoms with Crippen molar-refractivity contribution in [2.75, 3.05) is 25.5 Å². The Morgan fingerprint density at radius 1 is 1.23 bits per heavy atom. The fraction of sp³-hybridized carbons (Fsp3) is 0.333. The maximum atomic E-state index is 13.8. The molecule has 232 valence electrons. The largest absolute Gasteiger partial charge is 0.505 e. The Bertz CT molecular complexity index is 1840. The second-order valence-electron chi connectivity index (χ2n) is 10.0. The van der Waals surface area contributed by atoms with Crippen molar-refractivity contribution in [3.63, 3.8) is 0 Å². The summed E-state index contributed by atoms with van der Waals surface area (Å²) in [6.07, 6.45) is -2.83. The Kier molecular flexibility index (Phi) is 8.43. The van der Waals surface area contributed by atoms with Gasteiger partial charge >= 0.3 is 6.18 Å². The number of rotatable bonds is 6. The zero-order chi connectivity index (χ0) is 32.0. The number of amides is 2. The summed E-state index contributed by atoms with van der Waals surface area (Å²) in [7, 11) is 1.44. The Morgan fingerprint density at radius 3 is 2.55 bits per heavy atom. The van der Waals surface area contributed by atoms with E-state index in [9.17, 15) is 32.7 Å². The molecule has 4 heterocycles. The maximum Gasteiger partial charge on any atom is 0.416 e. The molecule has 0 spiro atoms. The van der Waals surface area contributed by atoms with Crippen LogP contribution in [0, 0.1) is 6.92 Å². The fourth-order valence-electron chi connectivity index (χ4n) is 5.31. The molecule has 0 bridgehead atoms. The van der Waals surface area contributed by atoms with Gasteiger partial charge in [-0.1, -0.05) is 11.6 Å². The number of halogens is 5. The van der Waals surface area contributed by atoms with Crippen LogP contribution in [0.2, 0.25) is 5.02 Å². The minimum atomic E-state index is -4.61. The van der Waals surface area contributed by atoms with E-state index >= 15 is 0 Å². The summed E-state index contributed by atoms with van der Waals surface area (Å²) in [6, 6.07) is 5.43. The highest BCUT2D eigenvalue weighted by Crippen LogP contribution is 2.38. The van der Waals surface area contributed by atoms with Crippen LogP contribution in [0.15, 0.2) is 46.1 Å². The molecule has 4 aromatic rings. The van der Waals surface area contributed by atoms with E-state index in [0.29, 0.717) is 11.8 Å². The van der Waals surface area contributed by atoms with Crippen LogP contribution in [0.3, 0.4) is 0 Å². The lowest BCUT2D eigenvalue weighted by molar-refractivity contribution is -0.137. The Balaban J connectivity index is 1.47. The summed E-state index contributed by atoms with van der Waals surface area (Å²) in [5.41, 5.74) is -2.30. The van der Waals surface area contributed by atoms with Crippen LogP contribution in [0.5, 0.6) is 5.75 Å². The molecular formula is C27H24BrClF3N7O5. The number of methoxy groups -OCH3 is 1. The lowest BCUT2D eigenvalue weighted by atomic mass is 9.83. The third kappa shape index (κ3) is 5.76. The summed E-state index contributed by atoms with van der Waals surface area (Å²) < 4.78 is 47.6. The third-order valence-corrected chi connectivity index (χ3v) is 8.19. The van der Waals surface area contributed by atoms with Crippen LogP contribution >= 0.6 is 27.5 Å². The van der Waals surface area contributed by atoms with Crippen LogP contribution in [0.1, 0.15) is 40.2 Å². The van der Waals surface area contributed by atoms with Gasteiger partial charge in [0.2, 0.25) is 16.4 Å². The fourth-order valence-corrected chi connectivity index (χ4v) is 5.86. The molecule has 5 rings (SSSR count). The zero-order valence-electron chi connectivity index (χ0n) is 23.2. The first kappa shape index (κ1) is 31.4. The predicted octanol–water partition coefficient (Wildman–Crippen LogP) is 4.15. The number of likely N-dealkylation sites (tertiary alicyclic amines) is 1. The highest BCUT2D eigenvalue weighted by atomic mass is 79.9. The van der Waals surface area contributed by atoms with E-state index in [0.717, 1.165) is 16.6 Å². The number of pyridine rings is 1. The van der Waals surface area contributed by atoms with Gasteiger partial charge < -0.3 is 24.6 Å². The van der Waals surface area contributed by atoms with Crippen molar-refractivity contribution < 1.29 is 32.6 Å². The number of hydrogen-bond donors (Lipinski definition) is 2. The average Bonchev–Trinajstić information content (AvgIpc) is 3.38. The highest BCUT2D eigenvalue weighted by molar-refractivity contribution is 9.10. The summed E-state index contributed by atoms with van der Waals surface area (Å²) in [5, 5.41) is 16.4. The minimum Gasteiger partial charge on any atom is -0.505 e. The molecule has 2 N–H and O–H groups in total. The van der Waals surface area contributed by atoms with Crippen LogP contribution in [-0.2, 0) is 27.9 Å². The molecule has 3 aromatic heterocycles. The van der Waals surface area contributed by atoms with E-state index in [4.69, 9.17) is 16.3 Å². The van der Waals surface area contributed by atoms with E-state index < -0.39 is 41.3 Å². The smallest absolute Gasteiger partial charge is 0.416 e. The molecule has 0 aliphatic carbocycles. The number of fused-ring (bicyclic) bond motifs is 1. The van der Waals surface area contributed by atoms with Crippen molar-refractivity contribution in [3.05, 3.63) is 79.2 Å². The molecular weight excluding hydrogens is 675 g/mol. The third-order valence-electron chi connectivity index (χ3n) is 7.54. The van der Waals surface area contributed by atoms with Gasteiger partial charge in [0.15, 0.2) is 5.69 Å². The average molecular weight is 699 g/mol. The predicted molar refractivity (Wildman–Crippen MR) is 154 cm³/mol. The minimum absolute atomic E-state index is 0.0290. The molecule has 1 aliphatic rings. The quantitative estimate of drug-likeness (QED) is 0.306. The number of aromatic nitrogens is 5. The van der Waals surface area contributed by atoms with Gasteiger partial charge in [0.1, 0.15) is 17.9 Å². The van der Waals surface area contributed by atoms with Crippen LogP contribution in [-0.4, -0.2) is 66.2 Å². The first-order chi connectivity index (χ1) is 20.8. The van der Waals surface area contributed by atoms with E-state index in [1.807, 2.05) is 0 Å². The molecule has 0 radical (unpaired) electrons. The molecule has 0 saturated carbocycles. The molecule has 44 heavy (non-hydrogen) atoms. The monoisotopic (exact) mass is 697 g/mol. The van der Waals surface area contributed by atoms with Crippen LogP contribution in [0.25, 0.3) is 5.78 Å². The molecule has 0 atom stereocenters. The number of benzene rings is 1. The number of alkyl halides is 3. The number of ether oxygens (including phenoxy) is 1. The topological polar surface area (TPSA) is 144 Å². The van der Waals surface area contributed by atoms with Gasteiger partial charge in [-0.25, -0.2) is 4.98 Å². The van der Waals surface area contributed by atoms with Gasteiger partial charge in [0, 0.05) is 32.1 Å². The van der Waals surface area contributed by atoms with Crippen molar-refractivity contribution in [3.8, 4) is 5.75 Å². The number of carbonyl (C=O) groups excluding carboxylic acids is 2. The summed E-state index contributed by atoms with van der Waals surface area (Å²) >= 11 is 9.19. The molecule has 1 aromatic carbocycles. The second-order valence-corrected chi connectivity index (χ2v) is 11.2. The van der Waals surface area contributed by atoms with Gasteiger partial charge in [0.25, 0.3) is 11.5 Å². The van der Waals surface area contributed by atoms with E-state index in [1.165, 1.54) is 34.9 Å². The van der Waals surface area contributed by atoms with E-state index in [2.05, 4.69) is 36.3 Å². The molecule has 17 heteroatoms. The second kappa shape index (κ2) is 11.8. The number of anilines is 1. The van der Waals surface area contributed by atoms with Crippen LogP contribution in [0.4, 0.5) is 18.9 Å². The molecule has 1 saturated heterocycles. The Labute approximate surface area is 260 Å². The number of hydrogen-bond acceptors (Lipinski definition) is 8. The van der Waals surface area contributed by atoms with Gasteiger partial charge in [-0.15, -0.1) is 5.10 Å². The highest BCUT2D eigenvalue weighted by Gasteiger charge is 2.43. The number of aromatic hydroxyl groups is 1. The molecule has 2 amide bonds. The lowest BCUT2D eigenvalue weighted by Gasteiger charge is -2.41. The molecule has 1 aliphatic heterocycles. The summed E-state index contributed by atoms with van der Waals surface area (Å²) in [4.78, 5) is 49.7. The van der Waals surface area contributed by atoms with Crippen molar-refractivity contribution in [2.24, 2.45) is 0 Å². The van der Waals surface area contributed by atoms with Crippen molar-refractivity contribution in [1.82, 2.24) is 29.0 Å². The van der Waals surface area contributed by atoms with Gasteiger partial charge in [-0.3, -0.25) is 14.4 Å². The number of nitrogens with zero attached hydrogens (tertiary/aromatic N) is 6. The standard InChI is InChI=1S/C27H24BrClF3N7O5/c1-14-20(26(44-2)7-10-37(11-8-26)23(43)21-18(40)4-3-9-33-21)22(42)39-25(35-24(28)36-39)38(14)13-19(41)34-17-6-5-15(12-16(17)29)27(30,31)32/h3-6,9,12,40H,7-8,10-11,13H2,1-2H3,(H,34,41). The maximum absolute atomic E-state index is 13.8. The Hall–Kier alpha value is -4.02. The van der Waals surface area contributed by atoms with Gasteiger partial charge in [0.05, 0.1) is 21.8 Å². The van der Waals surface area contributed by atoms with E-state index in [-0.39, 0.29) is 64.2 Å². The van der Waals surface area contributed by atoms with Crippen molar-refractivity contribution in [2.45, 2.75) is 38.1 Å². The SMILES string of the molecule is COC1(c2c(C)n(CC(=O)Nc3ccc(C(F)(F)F)cc3Cl)c3nc(Br)nn3c2=O)CCN(C(=O)c2ncccc2O)CC1. The zero-order valence-corrected chi connectivity index (χ0v) is 25.5. The molecule has 0 unspecified atom stereocenters. The first-order valence-electron chi connectivity index (χ1n) is 13.1. The van der Waals surface area contributed by atoms with Gasteiger partial charge in [-0.05, 0) is 66.0 Å². The Morgan fingerprint density at radius 2 is 1.93 bits per heavy atom. The normalized spacial score (nSPS) is 15.0. The van der Waals surface area contributed by atoms with Gasteiger partial charge in [-0.2, -0.15) is 22.7 Å². The summed E-state index contributed by atoms with van der Waals surface area (Å²) in [6.45, 7) is 1.53. The number of carbonyl (C=O) groups is 2. The van der Waals surface area contributed by atoms with Crippen molar-refractivity contribution in [1.29, 1.82) is 0 Å². The summed E-state index contributed by atoms with van der Waals surface area (Å²) in [5.74, 6) is -1.36. The molecule has 1 fully saturated rings. The van der Waals surface area contributed by atoms with Crippen molar-refractivity contribution >= 4 is 50.8 Å². The number of nitrogens with one attached hydrogen (secondary N) is 1. The van der Waals surface area contributed by atoms with Crippen LogP contribution < -0.4 is 10.9 Å². The lowest BCUT2D eigenvalue weighted by Crippen LogP contribution is -2.49. The molecule has 12 nitrogen and oxygen atoms in total. The first-order valence-corrected chi connectivity index (χ1v) is 14.2. The number of piperidine rings is 1.